The lowest BCUT2D eigenvalue weighted by Crippen LogP contribution is -2.21. The Hall–Kier alpha value is -1.03. The van der Waals surface area contributed by atoms with Gasteiger partial charge in [-0.1, -0.05) is 19.1 Å². The minimum absolute atomic E-state index is 0.537. The Morgan fingerprint density at radius 3 is 2.94 bits per heavy atom. The molecule has 0 bridgehead atoms. The molecular formula is C13H17BrN2O. The highest BCUT2D eigenvalue weighted by molar-refractivity contribution is 9.10. The molecule has 4 heteroatoms. The lowest BCUT2D eigenvalue weighted by Gasteiger charge is -2.25. The summed E-state index contributed by atoms with van der Waals surface area (Å²) in [5.41, 5.74) is 6.42. The number of halogens is 1. The van der Waals surface area contributed by atoms with Crippen molar-refractivity contribution in [2.45, 2.75) is 19.8 Å². The Morgan fingerprint density at radius 2 is 2.24 bits per heavy atom. The maximum absolute atomic E-state index is 5.84. The average Bonchev–Trinajstić information content (AvgIpc) is 2.30. The molecule has 3 nitrogen and oxygen atoms in total. The van der Waals surface area contributed by atoms with Crippen LogP contribution in [0.15, 0.2) is 28.9 Å². The number of allylic oxidation sites excluding steroid dienone is 2. The fourth-order valence-corrected chi connectivity index (χ4v) is 2.34. The van der Waals surface area contributed by atoms with Crippen molar-refractivity contribution in [1.29, 1.82) is 0 Å². The molecule has 0 aromatic carbocycles. The van der Waals surface area contributed by atoms with Gasteiger partial charge in [-0.05, 0) is 46.7 Å². The molecule has 2 N–H and O–H groups in total. The SMILES string of the molecule is CC1CC=CCC1COc1ncc(Br)cc1N. The fourth-order valence-electron chi connectivity index (χ4n) is 1.99. The smallest absolute Gasteiger partial charge is 0.237 e. The summed E-state index contributed by atoms with van der Waals surface area (Å²) in [6, 6.07) is 1.81. The van der Waals surface area contributed by atoms with Gasteiger partial charge in [-0.25, -0.2) is 4.98 Å². The highest BCUT2D eigenvalue weighted by atomic mass is 79.9. The predicted molar refractivity (Wildman–Crippen MR) is 72.9 cm³/mol. The molecule has 0 saturated carbocycles. The maximum Gasteiger partial charge on any atom is 0.237 e. The van der Waals surface area contributed by atoms with Crippen LogP contribution in [-0.4, -0.2) is 11.6 Å². The molecule has 2 rings (SSSR count). The second-order valence-electron chi connectivity index (χ2n) is 4.54. The van der Waals surface area contributed by atoms with Gasteiger partial charge in [0.2, 0.25) is 5.88 Å². The van der Waals surface area contributed by atoms with E-state index in [9.17, 15) is 0 Å². The van der Waals surface area contributed by atoms with Crippen LogP contribution < -0.4 is 10.5 Å². The standard InChI is InChI=1S/C13H17BrN2O/c1-9-4-2-3-5-10(9)8-17-13-12(15)6-11(14)7-16-13/h2-3,6-7,9-10H,4-5,8,15H2,1H3. The van der Waals surface area contributed by atoms with Crippen LogP contribution >= 0.6 is 15.9 Å². The van der Waals surface area contributed by atoms with Gasteiger partial charge in [0.05, 0.1) is 12.3 Å². The average molecular weight is 297 g/mol. The van der Waals surface area contributed by atoms with Crippen LogP contribution in [0.2, 0.25) is 0 Å². The van der Waals surface area contributed by atoms with Crippen molar-refractivity contribution in [3.8, 4) is 5.88 Å². The number of nitrogens with zero attached hydrogens (tertiary/aromatic N) is 1. The summed E-state index contributed by atoms with van der Waals surface area (Å²) in [6.07, 6.45) is 8.39. The quantitative estimate of drug-likeness (QED) is 0.870. The van der Waals surface area contributed by atoms with E-state index in [4.69, 9.17) is 10.5 Å². The first-order chi connectivity index (χ1) is 8.16. The molecule has 2 unspecified atom stereocenters. The molecule has 1 aromatic rings. The van der Waals surface area contributed by atoms with Crippen LogP contribution in [0.3, 0.4) is 0 Å². The largest absolute Gasteiger partial charge is 0.476 e. The van der Waals surface area contributed by atoms with E-state index in [1.807, 2.05) is 6.07 Å². The first-order valence-electron chi connectivity index (χ1n) is 5.85. The minimum Gasteiger partial charge on any atom is -0.476 e. The second-order valence-corrected chi connectivity index (χ2v) is 5.45. The topological polar surface area (TPSA) is 48.1 Å². The molecule has 1 heterocycles. The molecule has 0 spiro atoms. The number of anilines is 1. The molecule has 1 aromatic heterocycles. The van der Waals surface area contributed by atoms with E-state index < -0.39 is 0 Å². The predicted octanol–water partition coefficient (Wildman–Crippen LogP) is 3.41. The fraction of sp³-hybridized carbons (Fsp3) is 0.462. The van der Waals surface area contributed by atoms with Gasteiger partial charge in [0.25, 0.3) is 0 Å². The normalized spacial score (nSPS) is 23.6. The van der Waals surface area contributed by atoms with Gasteiger partial charge in [0.15, 0.2) is 0 Å². The zero-order chi connectivity index (χ0) is 12.3. The lowest BCUT2D eigenvalue weighted by molar-refractivity contribution is 0.193. The molecule has 0 fully saturated rings. The number of aromatic nitrogens is 1. The highest BCUT2D eigenvalue weighted by Crippen LogP contribution is 2.27. The Morgan fingerprint density at radius 1 is 1.47 bits per heavy atom. The third-order valence-corrected chi connectivity index (χ3v) is 3.63. The van der Waals surface area contributed by atoms with Crippen molar-refractivity contribution in [2.24, 2.45) is 11.8 Å². The number of hydrogen-bond acceptors (Lipinski definition) is 3. The monoisotopic (exact) mass is 296 g/mol. The number of nitrogen functional groups attached to an aromatic ring is 1. The lowest BCUT2D eigenvalue weighted by atomic mass is 9.85. The van der Waals surface area contributed by atoms with E-state index in [0.29, 0.717) is 30.0 Å². The van der Waals surface area contributed by atoms with Gasteiger partial charge in [-0.2, -0.15) is 0 Å². The Labute approximate surface area is 110 Å². The van der Waals surface area contributed by atoms with Crippen molar-refractivity contribution in [1.82, 2.24) is 4.98 Å². The summed E-state index contributed by atoms with van der Waals surface area (Å²) in [5, 5.41) is 0. The van der Waals surface area contributed by atoms with Crippen molar-refractivity contribution < 1.29 is 4.74 Å². The van der Waals surface area contributed by atoms with Gasteiger partial charge >= 0.3 is 0 Å². The van der Waals surface area contributed by atoms with Gasteiger partial charge in [-0.15, -0.1) is 0 Å². The summed E-state index contributed by atoms with van der Waals surface area (Å²) in [7, 11) is 0. The van der Waals surface area contributed by atoms with E-state index in [2.05, 4.69) is 40.0 Å². The molecular weight excluding hydrogens is 280 g/mol. The van der Waals surface area contributed by atoms with Crippen LogP contribution in [0, 0.1) is 11.8 Å². The van der Waals surface area contributed by atoms with Crippen LogP contribution in [0.1, 0.15) is 19.8 Å². The third kappa shape index (κ3) is 3.22. The highest BCUT2D eigenvalue weighted by Gasteiger charge is 2.19. The summed E-state index contributed by atoms with van der Waals surface area (Å²) in [6.45, 7) is 2.94. The van der Waals surface area contributed by atoms with E-state index in [1.165, 1.54) is 0 Å². The van der Waals surface area contributed by atoms with E-state index in [0.717, 1.165) is 17.3 Å². The first-order valence-corrected chi connectivity index (χ1v) is 6.65. The second kappa shape index (κ2) is 5.54. The molecule has 1 aliphatic carbocycles. The molecule has 0 radical (unpaired) electrons. The van der Waals surface area contributed by atoms with Gasteiger partial charge in [-0.3, -0.25) is 0 Å². The number of pyridine rings is 1. The van der Waals surface area contributed by atoms with Crippen molar-refractivity contribution in [3.05, 3.63) is 28.9 Å². The van der Waals surface area contributed by atoms with E-state index in [-0.39, 0.29) is 0 Å². The number of hydrogen-bond donors (Lipinski definition) is 1. The summed E-state index contributed by atoms with van der Waals surface area (Å²) in [4.78, 5) is 4.18. The van der Waals surface area contributed by atoms with Crippen molar-refractivity contribution >= 4 is 21.6 Å². The summed E-state index contributed by atoms with van der Waals surface area (Å²) >= 11 is 3.33. The van der Waals surface area contributed by atoms with Gasteiger partial charge < -0.3 is 10.5 Å². The Bertz CT molecular complexity index is 420. The van der Waals surface area contributed by atoms with Crippen molar-refractivity contribution in [3.63, 3.8) is 0 Å². The van der Waals surface area contributed by atoms with Crippen LogP contribution in [0.4, 0.5) is 5.69 Å². The maximum atomic E-state index is 5.84. The molecule has 17 heavy (non-hydrogen) atoms. The molecule has 0 amide bonds. The van der Waals surface area contributed by atoms with Gasteiger partial charge in [0, 0.05) is 10.7 Å². The Balaban J connectivity index is 1.95. The number of nitrogens with two attached hydrogens (primary N) is 1. The number of rotatable bonds is 3. The summed E-state index contributed by atoms with van der Waals surface area (Å²) < 4.78 is 6.58. The molecule has 2 atom stereocenters. The minimum atomic E-state index is 0.537. The molecule has 1 aliphatic rings. The zero-order valence-electron chi connectivity index (χ0n) is 9.90. The van der Waals surface area contributed by atoms with Crippen LogP contribution in [-0.2, 0) is 0 Å². The van der Waals surface area contributed by atoms with Crippen molar-refractivity contribution in [2.75, 3.05) is 12.3 Å². The number of ether oxygens (including phenoxy) is 1. The van der Waals surface area contributed by atoms with Crippen LogP contribution in [0.5, 0.6) is 5.88 Å². The molecule has 92 valence electrons. The van der Waals surface area contributed by atoms with Crippen LogP contribution in [0.25, 0.3) is 0 Å². The Kier molecular flexibility index (Phi) is 4.05. The van der Waals surface area contributed by atoms with E-state index >= 15 is 0 Å². The zero-order valence-corrected chi connectivity index (χ0v) is 11.5. The first kappa shape index (κ1) is 12.4. The van der Waals surface area contributed by atoms with Gasteiger partial charge in [0.1, 0.15) is 0 Å². The third-order valence-electron chi connectivity index (χ3n) is 3.20. The summed E-state index contributed by atoms with van der Waals surface area (Å²) in [5.74, 6) is 1.76. The van der Waals surface area contributed by atoms with E-state index in [1.54, 1.807) is 6.20 Å². The molecule has 0 aliphatic heterocycles. The molecule has 0 saturated heterocycles.